The molecule has 34 heavy (non-hydrogen) atoms. The molecule has 0 unspecified atom stereocenters. The van der Waals surface area contributed by atoms with Crippen molar-refractivity contribution < 1.29 is 9.59 Å². The summed E-state index contributed by atoms with van der Waals surface area (Å²) in [4.78, 5) is 22.8. The fraction of sp³-hybridized carbons (Fsp3) is 0.750. The molecule has 200 valence electrons. The third-order valence-corrected chi connectivity index (χ3v) is 4.03. The fourth-order valence-electron chi connectivity index (χ4n) is 1.65. The molecule has 0 fully saturated rings. The van der Waals surface area contributed by atoms with E-state index in [0.29, 0.717) is 10.8 Å². The van der Waals surface area contributed by atoms with E-state index in [1.54, 1.807) is 12.2 Å². The molecule has 0 atom stereocenters. The molecule has 0 aliphatic carbocycles. The summed E-state index contributed by atoms with van der Waals surface area (Å²) in [6.45, 7) is 37.4. The van der Waals surface area contributed by atoms with Crippen LogP contribution in [-0.4, -0.2) is 11.6 Å². The second-order valence-electron chi connectivity index (χ2n) is 15.7. The Kier molecular flexibility index (Phi) is 14.8. The van der Waals surface area contributed by atoms with E-state index in [1.807, 2.05) is 53.7 Å². The van der Waals surface area contributed by atoms with Crippen LogP contribution in [0.2, 0.25) is 0 Å². The molecular formula is C32H60O2. The Morgan fingerprint density at radius 3 is 0.647 bits per heavy atom. The average molecular weight is 477 g/mol. The Morgan fingerprint density at radius 1 is 0.353 bits per heavy atom. The zero-order valence-electron chi connectivity index (χ0n) is 26.3. The van der Waals surface area contributed by atoms with E-state index in [-0.39, 0.29) is 33.2 Å². The van der Waals surface area contributed by atoms with Crippen molar-refractivity contribution in [2.24, 2.45) is 32.5 Å². The Labute approximate surface area is 214 Å². The van der Waals surface area contributed by atoms with Gasteiger partial charge in [-0.2, -0.15) is 0 Å². The van der Waals surface area contributed by atoms with Crippen LogP contribution >= 0.6 is 0 Å². The normalized spacial score (nSPS) is 14.1. The van der Waals surface area contributed by atoms with Gasteiger partial charge in [-0.1, -0.05) is 149 Å². The van der Waals surface area contributed by atoms with Crippen molar-refractivity contribution in [3.63, 3.8) is 0 Å². The number of allylic oxidation sites excluding steroid dienone is 6. The maximum absolute atomic E-state index is 11.4. The van der Waals surface area contributed by atoms with Crippen LogP contribution in [0.4, 0.5) is 0 Å². The van der Waals surface area contributed by atoms with E-state index in [1.165, 1.54) is 0 Å². The molecule has 0 aromatic heterocycles. The number of hydrogen-bond acceptors (Lipinski definition) is 2. The van der Waals surface area contributed by atoms with E-state index in [0.717, 1.165) is 0 Å². The van der Waals surface area contributed by atoms with Gasteiger partial charge in [0.15, 0.2) is 11.6 Å². The molecule has 0 aliphatic heterocycles. The molecule has 0 radical (unpaired) electrons. The van der Waals surface area contributed by atoms with Crippen LogP contribution in [0.5, 0.6) is 0 Å². The van der Waals surface area contributed by atoms with E-state index in [4.69, 9.17) is 0 Å². The van der Waals surface area contributed by atoms with Gasteiger partial charge >= 0.3 is 0 Å². The first-order valence-electron chi connectivity index (χ1n) is 12.6. The largest absolute Gasteiger partial charge is 0.294 e. The van der Waals surface area contributed by atoms with Crippen molar-refractivity contribution in [3.8, 4) is 0 Å². The SMILES string of the molecule is CC(C)(C)/C=C/C(=O)C(C)(C)C.CC(C)(C)/C=C/C(=O)C(C)(C)C.CC(C)(C)/C=C/C(C)(C)C. The first-order chi connectivity index (χ1) is 14.5. The van der Waals surface area contributed by atoms with Crippen molar-refractivity contribution >= 4 is 11.6 Å². The van der Waals surface area contributed by atoms with Crippen molar-refractivity contribution in [3.05, 3.63) is 36.5 Å². The summed E-state index contributed by atoms with van der Waals surface area (Å²) in [5, 5.41) is 0. The van der Waals surface area contributed by atoms with Crippen molar-refractivity contribution in [1.82, 2.24) is 0 Å². The molecule has 0 heterocycles. The van der Waals surface area contributed by atoms with Gasteiger partial charge in [-0.3, -0.25) is 9.59 Å². The number of carbonyl (C=O) groups excluding carboxylic acids is 2. The second-order valence-corrected chi connectivity index (χ2v) is 15.7. The van der Waals surface area contributed by atoms with Gasteiger partial charge in [0.05, 0.1) is 0 Å². The minimum Gasteiger partial charge on any atom is -0.294 e. The molecule has 2 nitrogen and oxygen atoms in total. The quantitative estimate of drug-likeness (QED) is 0.293. The zero-order chi connectivity index (χ0) is 28.4. The van der Waals surface area contributed by atoms with Gasteiger partial charge in [0.1, 0.15) is 0 Å². The highest BCUT2D eigenvalue weighted by molar-refractivity contribution is 5.94. The summed E-state index contributed by atoms with van der Waals surface area (Å²) in [6.07, 6.45) is 11.8. The van der Waals surface area contributed by atoms with E-state index in [9.17, 15) is 9.59 Å². The van der Waals surface area contributed by atoms with Crippen LogP contribution in [0, 0.1) is 32.5 Å². The molecule has 0 saturated carbocycles. The standard InChI is InChI=1S/2C11H20O.C10H20/c2*1-10(2,3)8-7-9(12)11(4,5)6;1-9(2,3)7-8-10(4,5)6/h2*7-8H,1-6H3;7-8H,1-6H3/b3*8-7+. The minimum atomic E-state index is -0.248. The van der Waals surface area contributed by atoms with Crippen LogP contribution in [0.25, 0.3) is 0 Å². The van der Waals surface area contributed by atoms with Crippen LogP contribution in [0.1, 0.15) is 125 Å². The predicted octanol–water partition coefficient (Wildman–Crippen LogP) is 10.0. The van der Waals surface area contributed by atoms with Crippen molar-refractivity contribution in [2.75, 3.05) is 0 Å². The summed E-state index contributed by atoms with van der Waals surface area (Å²) in [5.74, 6) is 0.384. The van der Waals surface area contributed by atoms with Gasteiger partial charge in [-0.25, -0.2) is 0 Å². The molecule has 0 rings (SSSR count). The maximum atomic E-state index is 11.4. The highest BCUT2D eigenvalue weighted by atomic mass is 16.1. The second kappa shape index (κ2) is 13.6. The molecule has 0 spiro atoms. The zero-order valence-corrected chi connectivity index (χ0v) is 26.3. The summed E-state index contributed by atoms with van der Waals surface area (Å²) >= 11 is 0. The predicted molar refractivity (Wildman–Crippen MR) is 154 cm³/mol. The summed E-state index contributed by atoms with van der Waals surface area (Å²) in [6, 6.07) is 0. The lowest BCUT2D eigenvalue weighted by molar-refractivity contribution is -0.122. The topological polar surface area (TPSA) is 34.1 Å². The number of hydrogen-bond donors (Lipinski definition) is 0. The molecule has 0 bridgehead atoms. The number of ketones is 2. The highest BCUT2D eigenvalue weighted by Gasteiger charge is 2.19. The van der Waals surface area contributed by atoms with Crippen LogP contribution < -0.4 is 0 Å². The Balaban J connectivity index is -0.000000426. The number of carbonyl (C=O) groups is 2. The van der Waals surface area contributed by atoms with Gasteiger partial charge in [0.2, 0.25) is 0 Å². The van der Waals surface area contributed by atoms with Crippen LogP contribution in [0.15, 0.2) is 36.5 Å². The lowest BCUT2D eigenvalue weighted by Crippen LogP contribution is -2.18. The van der Waals surface area contributed by atoms with Crippen molar-refractivity contribution in [2.45, 2.75) is 125 Å². The monoisotopic (exact) mass is 476 g/mol. The first kappa shape index (κ1) is 37.1. The third kappa shape index (κ3) is 30.6. The minimum absolute atomic E-state index is 0.0981. The molecule has 0 aliphatic rings. The van der Waals surface area contributed by atoms with Gasteiger partial charge < -0.3 is 0 Å². The Morgan fingerprint density at radius 2 is 0.529 bits per heavy atom. The number of rotatable bonds is 2. The lowest BCUT2D eigenvalue weighted by atomic mass is 9.88. The van der Waals surface area contributed by atoms with E-state index < -0.39 is 0 Å². The van der Waals surface area contributed by atoms with Gasteiger partial charge in [0.25, 0.3) is 0 Å². The van der Waals surface area contributed by atoms with Gasteiger partial charge in [-0.15, -0.1) is 0 Å². The molecule has 0 N–H and O–H groups in total. The van der Waals surface area contributed by atoms with Crippen molar-refractivity contribution in [1.29, 1.82) is 0 Å². The Hall–Kier alpha value is -1.44. The molecule has 0 aromatic carbocycles. The molecule has 0 aromatic rings. The first-order valence-corrected chi connectivity index (χ1v) is 12.6. The smallest absolute Gasteiger partial charge is 0.160 e. The fourth-order valence-corrected chi connectivity index (χ4v) is 1.65. The highest BCUT2D eigenvalue weighted by Crippen LogP contribution is 2.22. The van der Waals surface area contributed by atoms with Crippen LogP contribution in [-0.2, 0) is 9.59 Å². The van der Waals surface area contributed by atoms with Gasteiger partial charge in [0, 0.05) is 10.8 Å². The Bertz CT molecular complexity index is 625. The molecule has 2 heteroatoms. The summed E-state index contributed by atoms with van der Waals surface area (Å²) in [5.41, 5.74) is 0.353. The third-order valence-electron chi connectivity index (χ3n) is 4.03. The van der Waals surface area contributed by atoms with Crippen LogP contribution in [0.3, 0.4) is 0 Å². The average Bonchev–Trinajstić information content (AvgIpc) is 2.52. The van der Waals surface area contributed by atoms with E-state index >= 15 is 0 Å². The summed E-state index contributed by atoms with van der Waals surface area (Å²) in [7, 11) is 0. The molecular weight excluding hydrogens is 416 g/mol. The molecule has 0 amide bonds. The van der Waals surface area contributed by atoms with E-state index in [2.05, 4.69) is 95.2 Å². The lowest BCUT2D eigenvalue weighted by Gasteiger charge is -2.17. The maximum Gasteiger partial charge on any atom is 0.160 e. The molecule has 0 saturated heterocycles. The van der Waals surface area contributed by atoms with Gasteiger partial charge in [-0.05, 0) is 33.8 Å². The summed E-state index contributed by atoms with van der Waals surface area (Å²) < 4.78 is 0.